The van der Waals surface area contributed by atoms with Crippen LogP contribution in [0.1, 0.15) is 12.0 Å². The Kier molecular flexibility index (Phi) is 5.93. The second-order valence-electron chi connectivity index (χ2n) is 6.51. The van der Waals surface area contributed by atoms with E-state index in [4.69, 9.17) is 10.00 Å². The first kappa shape index (κ1) is 20.2. The lowest BCUT2D eigenvalue weighted by molar-refractivity contribution is 0.346. The van der Waals surface area contributed by atoms with Crippen molar-refractivity contribution in [3.8, 4) is 17.6 Å². The molecule has 1 aliphatic heterocycles. The van der Waals surface area contributed by atoms with E-state index in [0.717, 1.165) is 24.7 Å². The Hall–Kier alpha value is -2.54. The molecule has 9 heteroatoms. The average molecular weight is 407 g/mol. The van der Waals surface area contributed by atoms with Gasteiger partial charge in [0.15, 0.2) is 11.6 Å². The summed E-state index contributed by atoms with van der Waals surface area (Å²) < 4.78 is 60.6. The molecule has 3 rings (SSSR count). The highest BCUT2D eigenvalue weighted by Gasteiger charge is 2.30. The van der Waals surface area contributed by atoms with Crippen LogP contribution in [-0.2, 0) is 10.0 Å². The molecule has 0 aromatic heterocycles. The van der Waals surface area contributed by atoms with Gasteiger partial charge in [-0.25, -0.2) is 17.2 Å². The summed E-state index contributed by atoms with van der Waals surface area (Å²) in [5.41, 5.74) is 0.123. The van der Waals surface area contributed by atoms with Gasteiger partial charge < -0.3 is 9.64 Å². The molecule has 28 heavy (non-hydrogen) atoms. The van der Waals surface area contributed by atoms with Gasteiger partial charge in [-0.2, -0.15) is 9.57 Å². The first-order chi connectivity index (χ1) is 13.3. The highest BCUT2D eigenvalue weighted by molar-refractivity contribution is 7.89. The predicted molar refractivity (Wildman–Crippen MR) is 98.5 cm³/mol. The summed E-state index contributed by atoms with van der Waals surface area (Å²) in [6.45, 7) is 1.93. The molecule has 0 amide bonds. The fourth-order valence-electron chi connectivity index (χ4n) is 2.94. The molecular weight excluding hydrogens is 388 g/mol. The topological polar surface area (TPSA) is 73.6 Å². The molecule has 6 nitrogen and oxygen atoms in total. The van der Waals surface area contributed by atoms with Gasteiger partial charge in [-0.1, -0.05) is 0 Å². The van der Waals surface area contributed by atoms with E-state index in [1.165, 1.54) is 22.5 Å². The van der Waals surface area contributed by atoms with Gasteiger partial charge in [0.05, 0.1) is 11.6 Å². The van der Waals surface area contributed by atoms with Crippen molar-refractivity contribution >= 4 is 10.0 Å². The standard InChI is InChI=1S/C19H19F2N3O3S/c1-23-7-2-8-24(10-9-23)28(25,26)19-11-14(13-22)3-6-17(19)27-18-12-15(20)4-5-16(18)21/h3-6,11-12H,2,7-10H2,1H3. The number of ether oxygens (including phenoxy) is 1. The predicted octanol–water partition coefficient (Wildman–Crippen LogP) is 2.95. The summed E-state index contributed by atoms with van der Waals surface area (Å²) in [5.74, 6) is -2.15. The summed E-state index contributed by atoms with van der Waals surface area (Å²) in [6, 6.07) is 8.39. The van der Waals surface area contributed by atoms with Crippen molar-refractivity contribution in [2.45, 2.75) is 11.3 Å². The van der Waals surface area contributed by atoms with Gasteiger partial charge in [-0.3, -0.25) is 0 Å². The molecule has 1 saturated heterocycles. The van der Waals surface area contributed by atoms with Crippen LogP contribution < -0.4 is 4.74 Å². The Bertz CT molecular complexity index is 1020. The maximum atomic E-state index is 14.0. The Morgan fingerprint density at radius 3 is 2.57 bits per heavy atom. The molecule has 0 aliphatic carbocycles. The van der Waals surface area contributed by atoms with Crippen LogP contribution in [0.25, 0.3) is 0 Å². The summed E-state index contributed by atoms with van der Waals surface area (Å²) >= 11 is 0. The minimum atomic E-state index is -4.00. The fourth-order valence-corrected chi connectivity index (χ4v) is 4.55. The maximum absolute atomic E-state index is 14.0. The molecule has 1 fully saturated rings. The zero-order valence-corrected chi connectivity index (χ0v) is 16.0. The number of rotatable bonds is 4. The number of likely N-dealkylation sites (N-methyl/N-ethyl adjacent to an activating group) is 1. The molecule has 0 saturated carbocycles. The molecule has 0 atom stereocenters. The van der Waals surface area contributed by atoms with Gasteiger partial charge in [-0.05, 0) is 50.3 Å². The van der Waals surface area contributed by atoms with Crippen molar-refractivity contribution in [1.29, 1.82) is 5.26 Å². The Labute approximate surface area is 162 Å². The monoisotopic (exact) mass is 407 g/mol. The van der Waals surface area contributed by atoms with E-state index < -0.39 is 27.4 Å². The van der Waals surface area contributed by atoms with Gasteiger partial charge in [0, 0.05) is 25.7 Å². The van der Waals surface area contributed by atoms with Gasteiger partial charge in [0.1, 0.15) is 16.5 Å². The smallest absolute Gasteiger partial charge is 0.246 e. The Morgan fingerprint density at radius 1 is 1.04 bits per heavy atom. The zero-order chi connectivity index (χ0) is 20.3. The normalized spacial score (nSPS) is 16.4. The minimum absolute atomic E-state index is 0.123. The number of benzene rings is 2. The highest BCUT2D eigenvalue weighted by Crippen LogP contribution is 2.33. The molecule has 0 spiro atoms. The summed E-state index contributed by atoms with van der Waals surface area (Å²) in [4.78, 5) is 1.78. The quantitative estimate of drug-likeness (QED) is 0.779. The van der Waals surface area contributed by atoms with E-state index in [1.807, 2.05) is 18.0 Å². The Morgan fingerprint density at radius 2 is 1.82 bits per heavy atom. The zero-order valence-electron chi connectivity index (χ0n) is 15.2. The van der Waals surface area contributed by atoms with Gasteiger partial charge in [0.25, 0.3) is 0 Å². The molecule has 2 aromatic carbocycles. The van der Waals surface area contributed by atoms with Crippen LogP contribution in [0.15, 0.2) is 41.3 Å². The van der Waals surface area contributed by atoms with Crippen LogP contribution in [0.3, 0.4) is 0 Å². The average Bonchev–Trinajstić information content (AvgIpc) is 2.90. The Balaban J connectivity index is 2.03. The first-order valence-electron chi connectivity index (χ1n) is 8.67. The second-order valence-corrected chi connectivity index (χ2v) is 8.42. The van der Waals surface area contributed by atoms with Crippen LogP contribution >= 0.6 is 0 Å². The van der Waals surface area contributed by atoms with Gasteiger partial charge in [0.2, 0.25) is 10.0 Å². The lowest BCUT2D eigenvalue weighted by Crippen LogP contribution is -2.34. The maximum Gasteiger partial charge on any atom is 0.246 e. The van der Waals surface area contributed by atoms with Crippen molar-refractivity contribution in [3.05, 3.63) is 53.6 Å². The van der Waals surface area contributed by atoms with Crippen LogP contribution in [0.4, 0.5) is 8.78 Å². The van der Waals surface area contributed by atoms with E-state index in [2.05, 4.69) is 0 Å². The minimum Gasteiger partial charge on any atom is -0.453 e. The van der Waals surface area contributed by atoms with Crippen molar-refractivity contribution in [2.24, 2.45) is 0 Å². The highest BCUT2D eigenvalue weighted by atomic mass is 32.2. The van der Waals surface area contributed by atoms with Gasteiger partial charge in [-0.15, -0.1) is 0 Å². The molecule has 0 radical (unpaired) electrons. The van der Waals surface area contributed by atoms with Crippen LogP contribution in [-0.4, -0.2) is 50.8 Å². The number of hydrogen-bond acceptors (Lipinski definition) is 5. The van der Waals surface area contributed by atoms with E-state index in [9.17, 15) is 17.2 Å². The molecule has 2 aromatic rings. The van der Waals surface area contributed by atoms with E-state index in [0.29, 0.717) is 19.5 Å². The summed E-state index contributed by atoms with van der Waals surface area (Å²) in [6.07, 6.45) is 0.655. The number of sulfonamides is 1. The molecule has 1 aliphatic rings. The molecule has 0 unspecified atom stereocenters. The van der Waals surface area contributed by atoms with Crippen molar-refractivity contribution in [1.82, 2.24) is 9.21 Å². The number of nitrogens with zero attached hydrogens (tertiary/aromatic N) is 3. The van der Waals surface area contributed by atoms with E-state index in [-0.39, 0.29) is 22.8 Å². The van der Waals surface area contributed by atoms with E-state index in [1.54, 1.807) is 0 Å². The second kappa shape index (κ2) is 8.22. The number of nitriles is 1. The third kappa shape index (κ3) is 4.30. The molecule has 148 valence electrons. The molecule has 0 bridgehead atoms. The van der Waals surface area contributed by atoms with E-state index >= 15 is 0 Å². The van der Waals surface area contributed by atoms with Crippen molar-refractivity contribution < 1.29 is 21.9 Å². The SMILES string of the molecule is CN1CCCN(S(=O)(=O)c2cc(C#N)ccc2Oc2cc(F)ccc2F)CC1. The third-order valence-electron chi connectivity index (χ3n) is 4.48. The summed E-state index contributed by atoms with van der Waals surface area (Å²) in [7, 11) is -2.09. The lowest BCUT2D eigenvalue weighted by Gasteiger charge is -2.22. The van der Waals surface area contributed by atoms with Crippen molar-refractivity contribution in [2.75, 3.05) is 33.2 Å². The van der Waals surface area contributed by atoms with Crippen LogP contribution in [0.2, 0.25) is 0 Å². The van der Waals surface area contributed by atoms with Crippen molar-refractivity contribution in [3.63, 3.8) is 0 Å². The number of halogens is 2. The lowest BCUT2D eigenvalue weighted by atomic mass is 10.2. The van der Waals surface area contributed by atoms with Gasteiger partial charge >= 0.3 is 0 Å². The van der Waals surface area contributed by atoms with Crippen LogP contribution in [0, 0.1) is 23.0 Å². The largest absolute Gasteiger partial charge is 0.453 e. The fraction of sp³-hybridized carbons (Fsp3) is 0.316. The molecule has 1 heterocycles. The summed E-state index contributed by atoms with van der Waals surface area (Å²) in [5, 5.41) is 9.16. The first-order valence-corrected chi connectivity index (χ1v) is 10.1. The molecular formula is C19H19F2N3O3S. The molecule has 0 N–H and O–H groups in total. The number of hydrogen-bond donors (Lipinski definition) is 0. The third-order valence-corrected chi connectivity index (χ3v) is 6.40. The van der Waals surface area contributed by atoms with Crippen LogP contribution in [0.5, 0.6) is 11.5 Å².